The first kappa shape index (κ1) is 15.1. The minimum atomic E-state index is -3.66. The molecule has 1 N–H and O–H groups in total. The Morgan fingerprint density at radius 2 is 1.82 bits per heavy atom. The Morgan fingerprint density at radius 3 is 2.55 bits per heavy atom. The van der Waals surface area contributed by atoms with Crippen molar-refractivity contribution < 1.29 is 8.42 Å². The first-order valence-corrected chi connectivity index (χ1v) is 8.99. The number of aryl methyl sites for hydroxylation is 1. The molecule has 0 aliphatic rings. The van der Waals surface area contributed by atoms with Crippen LogP contribution in [-0.4, -0.2) is 17.2 Å². The van der Waals surface area contributed by atoms with Crippen LogP contribution in [0, 0.1) is 6.92 Å². The van der Waals surface area contributed by atoms with Crippen LogP contribution in [0.3, 0.4) is 0 Å². The van der Waals surface area contributed by atoms with Crippen molar-refractivity contribution in [1.82, 2.24) is 13.5 Å². The Hall–Kier alpha value is -1.83. The van der Waals surface area contributed by atoms with Crippen LogP contribution in [-0.2, 0) is 10.0 Å². The van der Waals surface area contributed by atoms with Gasteiger partial charge in [-0.3, -0.25) is 0 Å². The maximum atomic E-state index is 12.6. The summed E-state index contributed by atoms with van der Waals surface area (Å²) in [6.45, 7) is 3.82. The van der Waals surface area contributed by atoms with Crippen molar-refractivity contribution in [1.29, 1.82) is 0 Å². The van der Waals surface area contributed by atoms with Gasteiger partial charge in [-0.25, -0.2) is 13.1 Å². The summed E-state index contributed by atoms with van der Waals surface area (Å²) in [5, 5.41) is 0. The van der Waals surface area contributed by atoms with E-state index in [-0.39, 0.29) is 10.9 Å². The molecular weight excluding hydrogens is 318 g/mol. The Balaban J connectivity index is 1.93. The monoisotopic (exact) mass is 333 g/mol. The smallest absolute Gasteiger partial charge is 0.207 e. The predicted octanol–water partition coefficient (Wildman–Crippen LogP) is 3.04. The Labute approximate surface area is 133 Å². The lowest BCUT2D eigenvalue weighted by Gasteiger charge is -2.15. The lowest BCUT2D eigenvalue weighted by molar-refractivity contribution is 0.567. The van der Waals surface area contributed by atoms with Crippen molar-refractivity contribution in [2.24, 2.45) is 0 Å². The fraction of sp³-hybridized carbons (Fsp3) is 0.200. The van der Waals surface area contributed by atoms with E-state index in [2.05, 4.69) is 13.5 Å². The molecule has 0 radical (unpaired) electrons. The number of aromatic nitrogens is 2. The lowest BCUT2D eigenvalue weighted by Crippen LogP contribution is -2.27. The summed E-state index contributed by atoms with van der Waals surface area (Å²) < 4.78 is 36.1. The van der Waals surface area contributed by atoms with Gasteiger partial charge in [-0.1, -0.05) is 35.9 Å². The van der Waals surface area contributed by atoms with E-state index in [1.165, 1.54) is 0 Å². The van der Waals surface area contributed by atoms with Gasteiger partial charge >= 0.3 is 0 Å². The number of sulfonamides is 1. The van der Waals surface area contributed by atoms with Gasteiger partial charge in [0.1, 0.15) is 15.9 Å². The van der Waals surface area contributed by atoms with Crippen LogP contribution in [0.2, 0.25) is 0 Å². The van der Waals surface area contributed by atoms with Gasteiger partial charge in [-0.15, -0.1) is 0 Å². The van der Waals surface area contributed by atoms with Crippen LogP contribution in [0.5, 0.6) is 0 Å². The van der Waals surface area contributed by atoms with E-state index in [0.29, 0.717) is 11.0 Å². The maximum Gasteiger partial charge on any atom is 0.243 e. The minimum Gasteiger partial charge on any atom is -0.207 e. The third-order valence-electron chi connectivity index (χ3n) is 3.45. The van der Waals surface area contributed by atoms with Crippen LogP contribution < -0.4 is 4.72 Å². The summed E-state index contributed by atoms with van der Waals surface area (Å²) >= 11 is 1.01. The average Bonchev–Trinajstić information content (AvgIpc) is 2.95. The molecule has 1 atom stereocenters. The molecule has 0 aliphatic carbocycles. The van der Waals surface area contributed by atoms with Crippen molar-refractivity contribution in [3.05, 3.63) is 53.6 Å². The summed E-state index contributed by atoms with van der Waals surface area (Å²) in [5.41, 5.74) is 3.06. The quantitative estimate of drug-likeness (QED) is 0.796. The van der Waals surface area contributed by atoms with Crippen molar-refractivity contribution >= 4 is 32.8 Å². The van der Waals surface area contributed by atoms with Gasteiger partial charge in [0.25, 0.3) is 0 Å². The molecule has 7 heteroatoms. The van der Waals surface area contributed by atoms with Crippen LogP contribution in [0.1, 0.15) is 24.1 Å². The molecule has 0 amide bonds. The first-order valence-electron chi connectivity index (χ1n) is 6.77. The lowest BCUT2D eigenvalue weighted by atomic mass is 10.1. The molecule has 114 valence electrons. The number of rotatable bonds is 4. The molecule has 22 heavy (non-hydrogen) atoms. The van der Waals surface area contributed by atoms with Gasteiger partial charge in [0.05, 0.1) is 11.7 Å². The van der Waals surface area contributed by atoms with Gasteiger partial charge in [0.15, 0.2) is 0 Å². The summed E-state index contributed by atoms with van der Waals surface area (Å²) in [4.78, 5) is 0.165. The zero-order valence-corrected chi connectivity index (χ0v) is 13.8. The zero-order chi connectivity index (χ0) is 15.7. The van der Waals surface area contributed by atoms with Crippen molar-refractivity contribution in [2.45, 2.75) is 24.8 Å². The topological polar surface area (TPSA) is 72.0 Å². The molecule has 0 fully saturated rings. The number of fused-ring (bicyclic) bond motifs is 1. The molecular formula is C15H15N3O2S2. The minimum absolute atomic E-state index is 0.165. The third-order valence-corrected chi connectivity index (χ3v) is 5.56. The van der Waals surface area contributed by atoms with Crippen molar-refractivity contribution in [3.8, 4) is 0 Å². The molecule has 5 nitrogen and oxygen atoms in total. The van der Waals surface area contributed by atoms with Crippen LogP contribution in [0.4, 0.5) is 0 Å². The molecule has 0 saturated carbocycles. The SMILES string of the molecule is Cc1ccc(C(C)NS(=O)(=O)c2cccc3nsnc23)cc1. The molecule has 1 heterocycles. The molecule has 1 aromatic heterocycles. The van der Waals surface area contributed by atoms with E-state index in [1.54, 1.807) is 18.2 Å². The van der Waals surface area contributed by atoms with E-state index in [0.717, 1.165) is 22.9 Å². The fourth-order valence-electron chi connectivity index (χ4n) is 2.22. The fourth-order valence-corrected chi connectivity index (χ4v) is 4.22. The average molecular weight is 333 g/mol. The molecule has 2 aromatic carbocycles. The number of nitrogens with one attached hydrogen (secondary N) is 1. The number of hydrogen-bond donors (Lipinski definition) is 1. The zero-order valence-electron chi connectivity index (χ0n) is 12.1. The highest BCUT2D eigenvalue weighted by Gasteiger charge is 2.22. The highest BCUT2D eigenvalue weighted by molar-refractivity contribution is 7.89. The van der Waals surface area contributed by atoms with E-state index >= 15 is 0 Å². The molecule has 0 spiro atoms. The predicted molar refractivity (Wildman–Crippen MR) is 87.3 cm³/mol. The number of nitrogens with zero attached hydrogens (tertiary/aromatic N) is 2. The Bertz CT molecular complexity index is 902. The molecule has 0 bridgehead atoms. The summed E-state index contributed by atoms with van der Waals surface area (Å²) in [7, 11) is -3.66. The summed E-state index contributed by atoms with van der Waals surface area (Å²) in [5.74, 6) is 0. The second kappa shape index (κ2) is 5.75. The number of benzene rings is 2. The van der Waals surface area contributed by atoms with Crippen LogP contribution in [0.25, 0.3) is 11.0 Å². The molecule has 0 aliphatic heterocycles. The molecule has 0 saturated heterocycles. The molecule has 3 rings (SSSR count). The maximum absolute atomic E-state index is 12.6. The van der Waals surface area contributed by atoms with Crippen LogP contribution >= 0.6 is 11.7 Å². The van der Waals surface area contributed by atoms with Crippen LogP contribution in [0.15, 0.2) is 47.4 Å². The molecule has 3 aromatic rings. The number of hydrogen-bond acceptors (Lipinski definition) is 5. The standard InChI is InChI=1S/C15H15N3O2S2/c1-10-6-8-12(9-7-10)11(2)18-22(19,20)14-5-3-4-13-15(14)17-21-16-13/h3-9,11,18H,1-2H3. The highest BCUT2D eigenvalue weighted by Crippen LogP contribution is 2.23. The molecule has 1 unspecified atom stereocenters. The van der Waals surface area contributed by atoms with Gasteiger partial charge in [0, 0.05) is 6.04 Å². The Kier molecular flexibility index (Phi) is 3.94. The van der Waals surface area contributed by atoms with E-state index in [4.69, 9.17) is 0 Å². The van der Waals surface area contributed by atoms with Crippen molar-refractivity contribution in [3.63, 3.8) is 0 Å². The first-order chi connectivity index (χ1) is 10.5. The second-order valence-electron chi connectivity index (χ2n) is 5.14. The largest absolute Gasteiger partial charge is 0.243 e. The van der Waals surface area contributed by atoms with Gasteiger partial charge < -0.3 is 0 Å². The van der Waals surface area contributed by atoms with E-state index < -0.39 is 10.0 Å². The normalized spacial score (nSPS) is 13.4. The third kappa shape index (κ3) is 2.87. The highest BCUT2D eigenvalue weighted by atomic mass is 32.2. The van der Waals surface area contributed by atoms with E-state index in [1.807, 2.05) is 38.1 Å². The summed E-state index contributed by atoms with van der Waals surface area (Å²) in [6, 6.07) is 12.4. The second-order valence-corrected chi connectivity index (χ2v) is 7.35. The van der Waals surface area contributed by atoms with E-state index in [9.17, 15) is 8.42 Å². The Morgan fingerprint density at radius 1 is 1.09 bits per heavy atom. The van der Waals surface area contributed by atoms with Gasteiger partial charge in [0.2, 0.25) is 10.0 Å². The van der Waals surface area contributed by atoms with Gasteiger partial charge in [-0.05, 0) is 31.5 Å². The van der Waals surface area contributed by atoms with Gasteiger partial charge in [-0.2, -0.15) is 8.75 Å². The van der Waals surface area contributed by atoms with Crippen molar-refractivity contribution in [2.75, 3.05) is 0 Å². The summed E-state index contributed by atoms with van der Waals surface area (Å²) in [6.07, 6.45) is 0.